The van der Waals surface area contributed by atoms with E-state index in [2.05, 4.69) is 25.1 Å². The van der Waals surface area contributed by atoms with E-state index in [9.17, 15) is 4.79 Å². The number of fused-ring (bicyclic) bond motifs is 2. The number of benzene rings is 1. The van der Waals surface area contributed by atoms with Gasteiger partial charge >= 0.3 is 0 Å². The van der Waals surface area contributed by atoms with E-state index >= 15 is 0 Å². The number of hydrogen-bond donors (Lipinski definition) is 0. The Bertz CT molecular complexity index is 893. The van der Waals surface area contributed by atoms with Crippen LogP contribution in [0, 0.1) is 0 Å². The SMILES string of the molecule is CCCC(=O)N1CCC(=C2c3ccc(Cl)cc3CCc3cccnc32)CC1. The van der Waals surface area contributed by atoms with Crippen LogP contribution >= 0.6 is 11.6 Å². The minimum atomic E-state index is 0.285. The second-order valence-electron chi connectivity index (χ2n) is 7.42. The molecule has 4 rings (SSSR count). The van der Waals surface area contributed by atoms with Gasteiger partial charge in [-0.1, -0.05) is 36.2 Å². The summed E-state index contributed by atoms with van der Waals surface area (Å²) in [5.74, 6) is 0.285. The van der Waals surface area contributed by atoms with Gasteiger partial charge in [0.05, 0.1) is 5.69 Å². The molecule has 1 fully saturated rings. The molecule has 3 nitrogen and oxygen atoms in total. The monoisotopic (exact) mass is 380 g/mol. The van der Waals surface area contributed by atoms with Gasteiger partial charge in [-0.15, -0.1) is 0 Å². The van der Waals surface area contributed by atoms with Crippen molar-refractivity contribution in [2.45, 2.75) is 45.4 Å². The van der Waals surface area contributed by atoms with Crippen LogP contribution in [0.2, 0.25) is 5.02 Å². The molecule has 1 saturated heterocycles. The van der Waals surface area contributed by atoms with Crippen molar-refractivity contribution in [2.24, 2.45) is 0 Å². The van der Waals surface area contributed by atoms with Crippen LogP contribution in [0.15, 0.2) is 42.1 Å². The molecule has 1 amide bonds. The Morgan fingerprint density at radius 1 is 1.11 bits per heavy atom. The van der Waals surface area contributed by atoms with Gasteiger partial charge in [0.1, 0.15) is 0 Å². The normalized spacial score (nSPS) is 16.6. The maximum atomic E-state index is 12.3. The van der Waals surface area contributed by atoms with Crippen molar-refractivity contribution in [1.82, 2.24) is 9.88 Å². The summed E-state index contributed by atoms with van der Waals surface area (Å²) in [7, 11) is 0. The molecule has 2 heterocycles. The van der Waals surface area contributed by atoms with Crippen LogP contribution in [0.5, 0.6) is 0 Å². The molecule has 4 heteroatoms. The highest BCUT2D eigenvalue weighted by atomic mass is 35.5. The molecule has 27 heavy (non-hydrogen) atoms. The fraction of sp³-hybridized carbons (Fsp3) is 0.391. The second kappa shape index (κ2) is 7.85. The average molecular weight is 381 g/mol. The highest BCUT2D eigenvalue weighted by Gasteiger charge is 2.26. The van der Waals surface area contributed by atoms with Crippen LogP contribution in [0.4, 0.5) is 0 Å². The maximum absolute atomic E-state index is 12.3. The predicted molar refractivity (Wildman–Crippen MR) is 110 cm³/mol. The Labute approximate surface area is 166 Å². The third-order valence-corrected chi connectivity index (χ3v) is 5.90. The average Bonchev–Trinajstić information content (AvgIpc) is 2.85. The second-order valence-corrected chi connectivity index (χ2v) is 7.86. The van der Waals surface area contributed by atoms with Gasteiger partial charge in [0.2, 0.25) is 5.91 Å². The molecule has 140 valence electrons. The number of pyridine rings is 1. The third-order valence-electron chi connectivity index (χ3n) is 5.67. The lowest BCUT2D eigenvalue weighted by atomic mass is 9.88. The van der Waals surface area contributed by atoms with Crippen molar-refractivity contribution in [2.75, 3.05) is 13.1 Å². The Morgan fingerprint density at radius 3 is 2.67 bits per heavy atom. The number of nitrogens with zero attached hydrogens (tertiary/aromatic N) is 2. The van der Waals surface area contributed by atoms with E-state index < -0.39 is 0 Å². The summed E-state index contributed by atoms with van der Waals surface area (Å²) in [5, 5.41) is 0.789. The van der Waals surface area contributed by atoms with Gasteiger partial charge in [0.15, 0.2) is 0 Å². The molecule has 0 spiro atoms. The number of aromatic nitrogens is 1. The number of carbonyl (C=O) groups excluding carboxylic acids is 1. The van der Waals surface area contributed by atoms with Crippen molar-refractivity contribution >= 4 is 23.1 Å². The van der Waals surface area contributed by atoms with Crippen LogP contribution in [-0.4, -0.2) is 28.9 Å². The van der Waals surface area contributed by atoms with Crippen molar-refractivity contribution in [3.05, 3.63) is 69.5 Å². The largest absolute Gasteiger partial charge is 0.342 e. The van der Waals surface area contributed by atoms with Gasteiger partial charge in [-0.3, -0.25) is 9.78 Å². The fourth-order valence-corrected chi connectivity index (χ4v) is 4.48. The number of rotatable bonds is 2. The molecule has 1 aliphatic carbocycles. The lowest BCUT2D eigenvalue weighted by Crippen LogP contribution is -2.36. The van der Waals surface area contributed by atoms with Crippen LogP contribution < -0.4 is 0 Å². The standard InChI is InChI=1S/C23H25ClN2O/c1-2-4-21(27)26-13-10-16(11-14-26)22-20-9-8-19(24)15-18(20)7-6-17-5-3-12-25-23(17)22/h3,5,8-9,12,15H,2,4,6-7,10-11,13-14H2,1H3. The number of hydrogen-bond acceptors (Lipinski definition) is 2. The Hall–Kier alpha value is -2.13. The number of aryl methyl sites for hydroxylation is 2. The first kappa shape index (κ1) is 18.2. The molecule has 0 atom stereocenters. The summed E-state index contributed by atoms with van der Waals surface area (Å²) in [4.78, 5) is 19.0. The Kier molecular flexibility index (Phi) is 5.31. The highest BCUT2D eigenvalue weighted by Crippen LogP contribution is 2.38. The number of halogens is 1. The molecule has 0 bridgehead atoms. The lowest BCUT2D eigenvalue weighted by molar-refractivity contribution is -0.131. The first-order valence-corrected chi connectivity index (χ1v) is 10.3. The molecule has 2 aliphatic rings. The van der Waals surface area contributed by atoms with E-state index in [0.717, 1.165) is 55.9 Å². The molecule has 2 aromatic rings. The van der Waals surface area contributed by atoms with E-state index in [1.54, 1.807) is 0 Å². The summed E-state index contributed by atoms with van der Waals surface area (Å²) in [6.45, 7) is 3.68. The Morgan fingerprint density at radius 2 is 1.89 bits per heavy atom. The molecule has 0 radical (unpaired) electrons. The number of likely N-dealkylation sites (tertiary alicyclic amines) is 1. The minimum absolute atomic E-state index is 0.285. The first-order valence-electron chi connectivity index (χ1n) is 9.90. The lowest BCUT2D eigenvalue weighted by Gasteiger charge is -2.30. The number of piperidine rings is 1. The molecular weight excluding hydrogens is 356 g/mol. The topological polar surface area (TPSA) is 33.2 Å². The van der Waals surface area contributed by atoms with E-state index in [4.69, 9.17) is 16.6 Å². The molecule has 0 N–H and O–H groups in total. The molecule has 0 saturated carbocycles. The van der Waals surface area contributed by atoms with Crippen molar-refractivity contribution < 1.29 is 4.79 Å². The van der Waals surface area contributed by atoms with Crippen molar-refractivity contribution in [1.29, 1.82) is 0 Å². The minimum Gasteiger partial charge on any atom is -0.342 e. The maximum Gasteiger partial charge on any atom is 0.222 e. The van der Waals surface area contributed by atoms with Crippen molar-refractivity contribution in [3.8, 4) is 0 Å². The Balaban J connectivity index is 1.76. The van der Waals surface area contributed by atoms with E-state index in [1.807, 2.05) is 23.2 Å². The van der Waals surface area contributed by atoms with Gasteiger partial charge in [0, 0.05) is 36.3 Å². The highest BCUT2D eigenvalue weighted by molar-refractivity contribution is 6.30. The van der Waals surface area contributed by atoms with Crippen molar-refractivity contribution in [3.63, 3.8) is 0 Å². The zero-order valence-electron chi connectivity index (χ0n) is 15.8. The van der Waals surface area contributed by atoms with Gasteiger partial charge in [-0.05, 0) is 67.0 Å². The van der Waals surface area contributed by atoms with Crippen LogP contribution in [0.25, 0.3) is 5.57 Å². The predicted octanol–water partition coefficient (Wildman–Crippen LogP) is 5.06. The van der Waals surface area contributed by atoms with Gasteiger partial charge in [-0.2, -0.15) is 0 Å². The first-order chi connectivity index (χ1) is 13.2. The molecule has 1 aromatic carbocycles. The fourth-order valence-electron chi connectivity index (χ4n) is 4.28. The zero-order valence-corrected chi connectivity index (χ0v) is 16.6. The summed E-state index contributed by atoms with van der Waals surface area (Å²) < 4.78 is 0. The summed E-state index contributed by atoms with van der Waals surface area (Å²) >= 11 is 6.28. The summed E-state index contributed by atoms with van der Waals surface area (Å²) in [6, 6.07) is 10.4. The molecular formula is C23H25ClN2O. The van der Waals surface area contributed by atoms with Crippen LogP contribution in [-0.2, 0) is 17.6 Å². The molecule has 0 unspecified atom stereocenters. The summed E-state index contributed by atoms with van der Waals surface area (Å²) in [6.07, 6.45) is 7.25. The summed E-state index contributed by atoms with van der Waals surface area (Å²) in [5.41, 5.74) is 7.67. The van der Waals surface area contributed by atoms with Gasteiger partial charge in [0.25, 0.3) is 0 Å². The van der Waals surface area contributed by atoms with E-state index in [0.29, 0.717) is 6.42 Å². The van der Waals surface area contributed by atoms with E-state index in [-0.39, 0.29) is 5.91 Å². The van der Waals surface area contributed by atoms with Crippen LogP contribution in [0.1, 0.15) is 55.0 Å². The zero-order chi connectivity index (χ0) is 18.8. The number of amides is 1. The van der Waals surface area contributed by atoms with E-state index in [1.165, 1.54) is 27.8 Å². The van der Waals surface area contributed by atoms with Gasteiger partial charge < -0.3 is 4.90 Å². The number of carbonyl (C=O) groups is 1. The smallest absolute Gasteiger partial charge is 0.222 e. The molecule has 1 aromatic heterocycles. The van der Waals surface area contributed by atoms with Gasteiger partial charge in [-0.25, -0.2) is 0 Å². The molecule has 1 aliphatic heterocycles. The quantitative estimate of drug-likeness (QED) is 0.729. The third kappa shape index (κ3) is 3.66. The van der Waals surface area contributed by atoms with Crippen LogP contribution in [0.3, 0.4) is 0 Å².